The zero-order valence-electron chi connectivity index (χ0n) is 21.8. The van der Waals surface area contributed by atoms with Crippen LogP contribution in [0.1, 0.15) is 45.4 Å². The lowest BCUT2D eigenvalue weighted by atomic mass is 9.77. The maximum absolute atomic E-state index is 12.9. The van der Waals surface area contributed by atoms with Crippen LogP contribution >= 0.6 is 0 Å². The Kier molecular flexibility index (Phi) is 6.59. The van der Waals surface area contributed by atoms with Crippen molar-refractivity contribution in [1.82, 2.24) is 19.6 Å². The topological polar surface area (TPSA) is 82.2 Å². The first-order chi connectivity index (χ1) is 19.2. The second-order valence-electron chi connectivity index (χ2n) is 9.59. The van der Waals surface area contributed by atoms with Crippen molar-refractivity contribution < 1.29 is 14.6 Å². The predicted octanol–water partition coefficient (Wildman–Crippen LogP) is 4.85. The van der Waals surface area contributed by atoms with Gasteiger partial charge in [0.15, 0.2) is 0 Å². The first-order valence-electron chi connectivity index (χ1n) is 13.3. The molecule has 0 fully saturated rings. The van der Waals surface area contributed by atoms with Gasteiger partial charge in [-0.2, -0.15) is 10.2 Å². The van der Waals surface area contributed by atoms with Crippen molar-refractivity contribution in [2.45, 2.75) is 31.8 Å². The van der Waals surface area contributed by atoms with E-state index in [0.29, 0.717) is 18.5 Å². The van der Waals surface area contributed by atoms with Gasteiger partial charge in [0.05, 0.1) is 31.1 Å². The van der Waals surface area contributed by atoms with Crippen LogP contribution in [0.3, 0.4) is 0 Å². The van der Waals surface area contributed by atoms with Crippen molar-refractivity contribution in [3.63, 3.8) is 0 Å². The van der Waals surface area contributed by atoms with Gasteiger partial charge in [0.2, 0.25) is 0 Å². The summed E-state index contributed by atoms with van der Waals surface area (Å²) in [6.45, 7) is 2.15. The molecular formula is C32H30N4O3. The number of nitrogens with zero attached hydrogens (tertiary/aromatic N) is 4. The van der Waals surface area contributed by atoms with E-state index in [4.69, 9.17) is 14.9 Å². The Balaban J connectivity index is 1.61. The molecule has 1 N–H and O–H groups in total. The molecule has 7 nitrogen and oxygen atoms in total. The van der Waals surface area contributed by atoms with Crippen LogP contribution in [0.2, 0.25) is 0 Å². The summed E-state index contributed by atoms with van der Waals surface area (Å²) in [7, 11) is 0. The number of benzene rings is 3. The highest BCUT2D eigenvalue weighted by Crippen LogP contribution is 2.43. The van der Waals surface area contributed by atoms with Crippen molar-refractivity contribution in [2.75, 3.05) is 13.2 Å². The second-order valence-corrected chi connectivity index (χ2v) is 9.59. The lowest BCUT2D eigenvalue weighted by Gasteiger charge is -2.36. The number of aliphatic hydroxyl groups is 1. The average Bonchev–Trinajstić information content (AvgIpc) is 3.57. The lowest BCUT2D eigenvalue weighted by Crippen LogP contribution is -2.38. The molecule has 6 rings (SSSR count). The van der Waals surface area contributed by atoms with Crippen molar-refractivity contribution in [3.05, 3.63) is 131 Å². The molecule has 3 aromatic carbocycles. The van der Waals surface area contributed by atoms with E-state index in [-0.39, 0.29) is 19.8 Å². The number of fused-ring (bicyclic) bond motifs is 3. The fourth-order valence-corrected chi connectivity index (χ4v) is 5.78. The van der Waals surface area contributed by atoms with E-state index in [1.807, 2.05) is 18.2 Å². The molecule has 0 unspecified atom stereocenters. The summed E-state index contributed by atoms with van der Waals surface area (Å²) in [4.78, 5) is 12.9. The molecule has 0 amide bonds. The molecule has 2 heterocycles. The van der Waals surface area contributed by atoms with Crippen LogP contribution < -0.4 is 0 Å². The van der Waals surface area contributed by atoms with E-state index in [1.54, 1.807) is 11.6 Å². The van der Waals surface area contributed by atoms with Gasteiger partial charge in [-0.3, -0.25) is 9.36 Å². The van der Waals surface area contributed by atoms with Crippen LogP contribution in [-0.4, -0.2) is 43.9 Å². The van der Waals surface area contributed by atoms with Crippen LogP contribution in [0, 0.1) is 0 Å². The van der Waals surface area contributed by atoms with Gasteiger partial charge in [-0.25, -0.2) is 4.79 Å². The first-order valence-corrected chi connectivity index (χ1v) is 13.3. The zero-order valence-corrected chi connectivity index (χ0v) is 21.8. The van der Waals surface area contributed by atoms with Crippen molar-refractivity contribution >= 4 is 5.97 Å². The zero-order chi connectivity index (χ0) is 26.8. The summed E-state index contributed by atoms with van der Waals surface area (Å²) in [5, 5.41) is 19.7. The number of carbonyl (C=O) groups is 1. The maximum Gasteiger partial charge on any atom is 0.356 e. The Labute approximate surface area is 227 Å². The van der Waals surface area contributed by atoms with E-state index in [0.717, 1.165) is 39.2 Å². The van der Waals surface area contributed by atoms with E-state index < -0.39 is 11.5 Å². The first kappa shape index (κ1) is 24.8. The number of aliphatic hydroxyl groups excluding tert-OH is 1. The summed E-state index contributed by atoms with van der Waals surface area (Å²) in [5.74, 6) is -0.414. The molecule has 196 valence electrons. The molecule has 0 bridgehead atoms. The number of hydrogen-bond acceptors (Lipinski definition) is 5. The number of aryl methyl sites for hydroxylation is 1. The van der Waals surface area contributed by atoms with E-state index in [1.165, 1.54) is 0 Å². The predicted molar refractivity (Wildman–Crippen MR) is 149 cm³/mol. The van der Waals surface area contributed by atoms with Gasteiger partial charge in [0.25, 0.3) is 0 Å². The molecule has 2 aromatic heterocycles. The monoisotopic (exact) mass is 518 g/mol. The third-order valence-electron chi connectivity index (χ3n) is 7.41. The number of ether oxygens (including phenoxy) is 1. The lowest BCUT2D eigenvalue weighted by molar-refractivity contribution is 0.0509. The Hall–Kier alpha value is -4.49. The molecule has 1 aliphatic rings. The molecule has 1 aliphatic carbocycles. The molecule has 0 aliphatic heterocycles. The van der Waals surface area contributed by atoms with Gasteiger partial charge >= 0.3 is 5.97 Å². The molecule has 7 heteroatoms. The fraction of sp³-hybridized carbons (Fsp3) is 0.219. The molecule has 0 atom stereocenters. The highest BCUT2D eigenvalue weighted by molar-refractivity contribution is 5.92. The summed E-state index contributed by atoms with van der Waals surface area (Å²) >= 11 is 0. The van der Waals surface area contributed by atoms with E-state index in [9.17, 15) is 9.90 Å². The van der Waals surface area contributed by atoms with Crippen LogP contribution in [0.4, 0.5) is 0 Å². The molecule has 0 saturated carbocycles. The highest BCUT2D eigenvalue weighted by atomic mass is 16.5. The Morgan fingerprint density at radius 3 is 1.95 bits per heavy atom. The van der Waals surface area contributed by atoms with Crippen LogP contribution in [0.5, 0.6) is 0 Å². The summed E-state index contributed by atoms with van der Waals surface area (Å²) < 4.78 is 8.99. The van der Waals surface area contributed by atoms with Gasteiger partial charge < -0.3 is 9.84 Å². The Morgan fingerprint density at radius 1 is 0.872 bits per heavy atom. The summed E-state index contributed by atoms with van der Waals surface area (Å²) in [5.41, 5.74) is 6.32. The molecular weight excluding hydrogens is 488 g/mol. The average molecular weight is 519 g/mol. The van der Waals surface area contributed by atoms with Crippen LogP contribution in [0.25, 0.3) is 11.3 Å². The summed E-state index contributed by atoms with van der Waals surface area (Å²) in [6.07, 6.45) is 3.35. The van der Waals surface area contributed by atoms with Crippen molar-refractivity contribution in [1.29, 1.82) is 0 Å². The minimum absolute atomic E-state index is 0.127. The quantitative estimate of drug-likeness (QED) is 0.235. The van der Waals surface area contributed by atoms with Crippen molar-refractivity contribution in [3.8, 4) is 11.3 Å². The number of hydrogen-bond donors (Lipinski definition) is 1. The van der Waals surface area contributed by atoms with Gasteiger partial charge in [-0.1, -0.05) is 91.0 Å². The standard InChI is InChI=1S/C32H30N4O3/c1-2-39-31(38)30-26-18-19-28-27(29(26)34-35(30)20-21-37)22-36(33-28)32(23-12-6-3-7-13-23,24-14-8-4-9-15-24)25-16-10-5-11-17-25/h3-17,22,37H,2,18-21H2,1H3. The number of carbonyl (C=O) groups excluding carboxylic acids is 1. The second kappa shape index (κ2) is 10.3. The maximum atomic E-state index is 12.9. The van der Waals surface area contributed by atoms with E-state index >= 15 is 0 Å². The molecule has 5 aromatic rings. The van der Waals surface area contributed by atoms with Gasteiger partial charge in [0, 0.05) is 17.3 Å². The smallest absolute Gasteiger partial charge is 0.356 e. The van der Waals surface area contributed by atoms with Crippen LogP contribution in [0.15, 0.2) is 97.2 Å². The third-order valence-corrected chi connectivity index (χ3v) is 7.41. The molecule has 0 spiro atoms. The molecule has 39 heavy (non-hydrogen) atoms. The van der Waals surface area contributed by atoms with Gasteiger partial charge in [-0.05, 0) is 36.5 Å². The minimum atomic E-state index is -0.737. The van der Waals surface area contributed by atoms with Crippen LogP contribution in [-0.2, 0) is 29.7 Å². The minimum Gasteiger partial charge on any atom is -0.461 e. The third kappa shape index (κ3) is 4.06. The normalized spacial score (nSPS) is 12.6. The number of aromatic nitrogens is 4. The number of esters is 1. The van der Waals surface area contributed by atoms with Gasteiger partial charge in [0.1, 0.15) is 11.2 Å². The Bertz CT molecular complexity index is 1490. The SMILES string of the molecule is CCOC(=O)c1c2c(nn1CCO)-c1cn(C(c3ccccc3)(c3ccccc3)c3ccccc3)nc1CC2. The number of rotatable bonds is 8. The van der Waals surface area contributed by atoms with Crippen molar-refractivity contribution in [2.24, 2.45) is 0 Å². The molecule has 0 radical (unpaired) electrons. The highest BCUT2D eigenvalue weighted by Gasteiger charge is 2.41. The largest absolute Gasteiger partial charge is 0.461 e. The van der Waals surface area contributed by atoms with Gasteiger partial charge in [-0.15, -0.1) is 0 Å². The Morgan fingerprint density at radius 2 is 1.44 bits per heavy atom. The summed E-state index contributed by atoms with van der Waals surface area (Å²) in [6, 6.07) is 31.2. The molecule has 0 saturated heterocycles. The van der Waals surface area contributed by atoms with E-state index in [2.05, 4.69) is 83.7 Å². The fourth-order valence-electron chi connectivity index (χ4n) is 5.78.